The van der Waals surface area contributed by atoms with Crippen LogP contribution in [-0.4, -0.2) is 22.5 Å². The Hall–Kier alpha value is -3.79. The van der Waals surface area contributed by atoms with Crippen molar-refractivity contribution in [2.75, 3.05) is 10.6 Å². The molecule has 7 nitrogen and oxygen atoms in total. The van der Waals surface area contributed by atoms with Crippen molar-refractivity contribution in [3.8, 4) is 11.5 Å². The van der Waals surface area contributed by atoms with Gasteiger partial charge < -0.3 is 20.7 Å². The summed E-state index contributed by atoms with van der Waals surface area (Å²) in [7, 11) is 0. The predicted molar refractivity (Wildman–Crippen MR) is 127 cm³/mol. The van der Waals surface area contributed by atoms with Gasteiger partial charge in [-0.1, -0.05) is 11.6 Å². The fraction of sp³-hybridized carbons (Fsp3) is 0.208. The average Bonchev–Trinajstić information content (AvgIpc) is 2.75. The number of alkyl halides is 3. The summed E-state index contributed by atoms with van der Waals surface area (Å²) < 4.78 is 44.7. The summed E-state index contributed by atoms with van der Waals surface area (Å²) in [4.78, 5) is 28.5. The smallest absolute Gasteiger partial charge is 0.417 e. The van der Waals surface area contributed by atoms with E-state index in [4.69, 9.17) is 16.3 Å². The third kappa shape index (κ3) is 7.61. The van der Waals surface area contributed by atoms with Crippen LogP contribution in [0, 0.1) is 0 Å². The Morgan fingerprint density at radius 3 is 2.14 bits per heavy atom. The molecule has 0 saturated heterocycles. The van der Waals surface area contributed by atoms with Crippen molar-refractivity contribution in [3.05, 3.63) is 77.1 Å². The van der Waals surface area contributed by atoms with E-state index < -0.39 is 28.3 Å². The standard InChI is InChI=1S/C24H22ClF3N4O3/c1-23(2,3)32-21(33)20-13-17(10-11-29-20)35-16-7-4-14(5-8-16)30-22(34)31-15-6-9-19(25)18(12-15)24(26,27)28/h4-13H,1-3H3,(H,32,33)(H2,30,31,34). The van der Waals surface area contributed by atoms with Gasteiger partial charge in [0.25, 0.3) is 5.91 Å². The molecule has 0 bridgehead atoms. The minimum absolute atomic E-state index is 0.0665. The molecule has 184 valence electrons. The first-order valence-electron chi connectivity index (χ1n) is 10.3. The first-order valence-corrected chi connectivity index (χ1v) is 10.7. The van der Waals surface area contributed by atoms with Gasteiger partial charge in [-0.15, -0.1) is 0 Å². The minimum atomic E-state index is -4.65. The average molecular weight is 507 g/mol. The lowest BCUT2D eigenvalue weighted by Crippen LogP contribution is -2.40. The number of anilines is 2. The Labute approximate surface area is 204 Å². The molecule has 35 heavy (non-hydrogen) atoms. The van der Waals surface area contributed by atoms with Gasteiger partial charge in [-0.2, -0.15) is 13.2 Å². The second-order valence-corrected chi connectivity index (χ2v) is 8.89. The maximum atomic E-state index is 13.0. The van der Waals surface area contributed by atoms with E-state index in [1.807, 2.05) is 20.8 Å². The zero-order valence-corrected chi connectivity index (χ0v) is 19.7. The van der Waals surface area contributed by atoms with Crippen LogP contribution >= 0.6 is 11.6 Å². The first kappa shape index (κ1) is 25.8. The molecule has 0 aliphatic rings. The van der Waals surface area contributed by atoms with E-state index in [9.17, 15) is 22.8 Å². The van der Waals surface area contributed by atoms with Crippen LogP contribution in [-0.2, 0) is 6.18 Å². The Balaban J connectivity index is 1.61. The topological polar surface area (TPSA) is 92.4 Å². The quantitative estimate of drug-likeness (QED) is 0.358. The van der Waals surface area contributed by atoms with Crippen LogP contribution < -0.4 is 20.7 Å². The van der Waals surface area contributed by atoms with Crippen molar-refractivity contribution >= 4 is 34.9 Å². The van der Waals surface area contributed by atoms with Crippen molar-refractivity contribution in [1.29, 1.82) is 0 Å². The van der Waals surface area contributed by atoms with Gasteiger partial charge in [0, 0.05) is 29.2 Å². The number of pyridine rings is 1. The number of hydrogen-bond acceptors (Lipinski definition) is 4. The number of aromatic nitrogens is 1. The van der Waals surface area contributed by atoms with Crippen molar-refractivity contribution in [1.82, 2.24) is 10.3 Å². The van der Waals surface area contributed by atoms with Gasteiger partial charge >= 0.3 is 12.2 Å². The third-order valence-electron chi connectivity index (χ3n) is 4.33. The molecule has 1 aromatic heterocycles. The summed E-state index contributed by atoms with van der Waals surface area (Å²) in [6.07, 6.45) is -3.19. The Kier molecular flexibility index (Phi) is 7.54. The number of carbonyl (C=O) groups excluding carboxylic acids is 2. The molecule has 0 aliphatic heterocycles. The van der Waals surface area contributed by atoms with E-state index in [1.54, 1.807) is 30.3 Å². The monoisotopic (exact) mass is 506 g/mol. The van der Waals surface area contributed by atoms with Crippen LogP contribution in [0.4, 0.5) is 29.3 Å². The molecule has 0 aliphatic carbocycles. The lowest BCUT2D eigenvalue weighted by Gasteiger charge is -2.20. The van der Waals surface area contributed by atoms with E-state index in [-0.39, 0.29) is 17.3 Å². The van der Waals surface area contributed by atoms with E-state index >= 15 is 0 Å². The fourth-order valence-corrected chi connectivity index (χ4v) is 3.08. The van der Waals surface area contributed by atoms with Crippen LogP contribution in [0.1, 0.15) is 36.8 Å². The zero-order valence-electron chi connectivity index (χ0n) is 19.0. The number of ether oxygens (including phenoxy) is 1. The molecule has 2 aromatic carbocycles. The maximum absolute atomic E-state index is 13.0. The second kappa shape index (κ2) is 10.2. The van der Waals surface area contributed by atoms with E-state index in [1.165, 1.54) is 18.3 Å². The molecule has 3 N–H and O–H groups in total. The summed E-state index contributed by atoms with van der Waals surface area (Å²) >= 11 is 5.59. The number of hydrogen-bond donors (Lipinski definition) is 3. The number of rotatable bonds is 5. The fourth-order valence-electron chi connectivity index (χ4n) is 2.86. The molecule has 3 amide bonds. The number of amides is 3. The third-order valence-corrected chi connectivity index (χ3v) is 4.66. The van der Waals surface area contributed by atoms with Crippen LogP contribution in [0.15, 0.2) is 60.8 Å². The van der Waals surface area contributed by atoms with Gasteiger partial charge in [0.05, 0.1) is 10.6 Å². The molecule has 3 aromatic rings. The van der Waals surface area contributed by atoms with E-state index in [2.05, 4.69) is 20.9 Å². The molecule has 0 atom stereocenters. The molecule has 3 rings (SSSR count). The predicted octanol–water partition coefficient (Wildman–Crippen LogP) is 6.72. The summed E-state index contributed by atoms with van der Waals surface area (Å²) in [6.45, 7) is 5.57. The Morgan fingerprint density at radius 2 is 1.51 bits per heavy atom. The molecular formula is C24H22ClF3N4O3. The van der Waals surface area contributed by atoms with Crippen LogP contribution in [0.5, 0.6) is 11.5 Å². The lowest BCUT2D eigenvalue weighted by atomic mass is 10.1. The molecule has 0 saturated carbocycles. The first-order chi connectivity index (χ1) is 16.3. The van der Waals surface area contributed by atoms with Gasteiger partial charge in [-0.25, -0.2) is 4.79 Å². The number of nitrogens with one attached hydrogen (secondary N) is 3. The molecule has 0 fully saturated rings. The number of nitrogens with zero attached hydrogens (tertiary/aromatic N) is 1. The molecular weight excluding hydrogens is 485 g/mol. The second-order valence-electron chi connectivity index (χ2n) is 8.48. The highest BCUT2D eigenvalue weighted by Crippen LogP contribution is 2.36. The van der Waals surface area contributed by atoms with Crippen molar-refractivity contribution in [2.24, 2.45) is 0 Å². The summed E-state index contributed by atoms with van der Waals surface area (Å²) in [5, 5.41) is 7.20. The Bertz CT molecular complexity index is 1230. The van der Waals surface area contributed by atoms with Crippen LogP contribution in [0.2, 0.25) is 5.02 Å². The highest BCUT2D eigenvalue weighted by atomic mass is 35.5. The molecule has 0 radical (unpaired) electrons. The van der Waals surface area contributed by atoms with Crippen LogP contribution in [0.3, 0.4) is 0 Å². The van der Waals surface area contributed by atoms with Gasteiger partial charge in [-0.3, -0.25) is 9.78 Å². The molecule has 0 unspecified atom stereocenters. The normalized spacial score (nSPS) is 11.5. The zero-order chi connectivity index (χ0) is 25.8. The van der Waals surface area contributed by atoms with Gasteiger partial charge in [0.15, 0.2) is 0 Å². The van der Waals surface area contributed by atoms with Gasteiger partial charge in [0.2, 0.25) is 0 Å². The van der Waals surface area contributed by atoms with E-state index in [0.717, 1.165) is 12.1 Å². The SMILES string of the molecule is CC(C)(C)NC(=O)c1cc(Oc2ccc(NC(=O)Nc3ccc(Cl)c(C(F)(F)F)c3)cc2)ccn1. The number of carbonyl (C=O) groups is 2. The molecule has 0 spiro atoms. The van der Waals surface area contributed by atoms with Gasteiger partial charge in [0.1, 0.15) is 17.2 Å². The summed E-state index contributed by atoms with van der Waals surface area (Å²) in [6, 6.07) is 11.7. The van der Waals surface area contributed by atoms with Gasteiger partial charge in [-0.05, 0) is 69.3 Å². The molecule has 11 heteroatoms. The minimum Gasteiger partial charge on any atom is -0.457 e. The number of benzene rings is 2. The highest BCUT2D eigenvalue weighted by Gasteiger charge is 2.33. The summed E-state index contributed by atoms with van der Waals surface area (Å²) in [5.41, 5.74) is -0.960. The molecule has 1 heterocycles. The Morgan fingerprint density at radius 1 is 0.886 bits per heavy atom. The van der Waals surface area contributed by atoms with Crippen LogP contribution in [0.25, 0.3) is 0 Å². The maximum Gasteiger partial charge on any atom is 0.417 e. The summed E-state index contributed by atoms with van der Waals surface area (Å²) in [5.74, 6) is 0.481. The number of halogens is 4. The highest BCUT2D eigenvalue weighted by molar-refractivity contribution is 6.31. The van der Waals surface area contributed by atoms with Crippen molar-refractivity contribution < 1.29 is 27.5 Å². The number of urea groups is 1. The lowest BCUT2D eigenvalue weighted by molar-refractivity contribution is -0.137. The largest absolute Gasteiger partial charge is 0.457 e. The van der Waals surface area contributed by atoms with E-state index in [0.29, 0.717) is 17.2 Å². The van der Waals surface area contributed by atoms with Crippen molar-refractivity contribution in [3.63, 3.8) is 0 Å². The van der Waals surface area contributed by atoms with Crippen molar-refractivity contribution in [2.45, 2.75) is 32.5 Å².